The molecule has 3 amide bonds. The van der Waals surface area contributed by atoms with Gasteiger partial charge in [-0.25, -0.2) is 9.59 Å². The van der Waals surface area contributed by atoms with Gasteiger partial charge < -0.3 is 10.4 Å². The Morgan fingerprint density at radius 2 is 1.78 bits per heavy atom. The number of carbonyl (C=O) groups is 3. The number of carboxylic acids is 1. The Bertz CT molecular complexity index is 356. The van der Waals surface area contributed by atoms with Gasteiger partial charge in [-0.05, 0) is 11.3 Å². The summed E-state index contributed by atoms with van der Waals surface area (Å²) in [4.78, 5) is 32.5. The second-order valence-electron chi connectivity index (χ2n) is 5.14. The maximum Gasteiger partial charge on any atom is 0.328 e. The Labute approximate surface area is 106 Å². The number of urea groups is 1. The average Bonchev–Trinajstić information content (AvgIpc) is 2.21. The lowest BCUT2D eigenvalue weighted by molar-refractivity contribution is -0.131. The molecule has 0 aromatic heterocycles. The van der Waals surface area contributed by atoms with E-state index in [0.717, 1.165) is 6.08 Å². The minimum Gasteiger partial charge on any atom is -0.478 e. The van der Waals surface area contributed by atoms with E-state index in [2.05, 4.69) is 26.1 Å². The average molecular weight is 256 g/mol. The number of imide groups is 1. The highest BCUT2D eigenvalue weighted by molar-refractivity contribution is 6.02. The summed E-state index contributed by atoms with van der Waals surface area (Å²) >= 11 is 0. The third-order valence-electron chi connectivity index (χ3n) is 2.66. The molecule has 0 radical (unpaired) electrons. The first kappa shape index (κ1) is 16.1. The molecule has 0 spiro atoms. The van der Waals surface area contributed by atoms with E-state index in [4.69, 9.17) is 5.11 Å². The van der Waals surface area contributed by atoms with Crippen LogP contribution in [0.15, 0.2) is 12.2 Å². The van der Waals surface area contributed by atoms with E-state index in [9.17, 15) is 14.4 Å². The van der Waals surface area contributed by atoms with Gasteiger partial charge in [-0.2, -0.15) is 0 Å². The molecule has 1 atom stereocenters. The van der Waals surface area contributed by atoms with Gasteiger partial charge in [0.1, 0.15) is 0 Å². The van der Waals surface area contributed by atoms with Gasteiger partial charge in [0.2, 0.25) is 0 Å². The van der Waals surface area contributed by atoms with Gasteiger partial charge in [0, 0.05) is 18.7 Å². The molecule has 0 rings (SSSR count). The van der Waals surface area contributed by atoms with E-state index in [1.54, 1.807) is 0 Å². The Morgan fingerprint density at radius 3 is 2.22 bits per heavy atom. The zero-order valence-corrected chi connectivity index (χ0v) is 11.1. The second-order valence-corrected chi connectivity index (χ2v) is 5.14. The first-order valence-corrected chi connectivity index (χ1v) is 5.62. The number of aliphatic carboxylic acids is 1. The first-order chi connectivity index (χ1) is 8.12. The molecular weight excluding hydrogens is 236 g/mol. The van der Waals surface area contributed by atoms with Crippen molar-refractivity contribution in [2.45, 2.75) is 27.7 Å². The predicted molar refractivity (Wildman–Crippen MR) is 66.9 cm³/mol. The smallest absolute Gasteiger partial charge is 0.328 e. The van der Waals surface area contributed by atoms with E-state index < -0.39 is 17.9 Å². The third kappa shape index (κ3) is 7.43. The normalized spacial score (nSPS) is 13.1. The van der Waals surface area contributed by atoms with Crippen molar-refractivity contribution in [3.8, 4) is 0 Å². The molecule has 0 aromatic carbocycles. The van der Waals surface area contributed by atoms with E-state index in [-0.39, 0.29) is 11.3 Å². The molecule has 1 unspecified atom stereocenters. The van der Waals surface area contributed by atoms with Crippen LogP contribution in [0.2, 0.25) is 0 Å². The standard InChI is InChI=1S/C12H20N2O4/c1-8(12(2,3)4)7-13-11(18)14-9(15)5-6-10(16)17/h5-6,8H,7H2,1-4H3,(H,16,17)(H2,13,14,15,18)/b6-5+. The lowest BCUT2D eigenvalue weighted by Gasteiger charge is -2.27. The molecule has 0 aliphatic carbocycles. The van der Waals surface area contributed by atoms with Crippen LogP contribution in [0.1, 0.15) is 27.7 Å². The van der Waals surface area contributed by atoms with Gasteiger partial charge in [0.25, 0.3) is 5.91 Å². The van der Waals surface area contributed by atoms with Crippen LogP contribution in [0.5, 0.6) is 0 Å². The number of carbonyl (C=O) groups excluding carboxylic acids is 2. The van der Waals surface area contributed by atoms with Crippen molar-refractivity contribution in [3.05, 3.63) is 12.2 Å². The molecule has 0 saturated carbocycles. The minimum atomic E-state index is -1.24. The summed E-state index contributed by atoms with van der Waals surface area (Å²) in [6, 6.07) is -0.633. The van der Waals surface area contributed by atoms with E-state index in [1.807, 2.05) is 12.2 Å². The van der Waals surface area contributed by atoms with Gasteiger partial charge in [-0.3, -0.25) is 10.1 Å². The van der Waals surface area contributed by atoms with Gasteiger partial charge in [-0.15, -0.1) is 0 Å². The van der Waals surface area contributed by atoms with Crippen LogP contribution >= 0.6 is 0 Å². The zero-order chi connectivity index (χ0) is 14.3. The van der Waals surface area contributed by atoms with Crippen molar-refractivity contribution in [2.75, 3.05) is 6.54 Å². The molecule has 0 aromatic rings. The summed E-state index contributed by atoms with van der Waals surface area (Å²) in [5, 5.41) is 12.9. The van der Waals surface area contributed by atoms with Crippen LogP contribution < -0.4 is 10.6 Å². The number of nitrogens with one attached hydrogen (secondary N) is 2. The highest BCUT2D eigenvalue weighted by atomic mass is 16.4. The van der Waals surface area contributed by atoms with E-state index >= 15 is 0 Å². The SMILES string of the molecule is CC(CNC(=O)NC(=O)/C=C/C(=O)O)C(C)(C)C. The molecule has 6 heteroatoms. The summed E-state index contributed by atoms with van der Waals surface area (Å²) in [5.74, 6) is -1.77. The molecule has 0 saturated heterocycles. The zero-order valence-electron chi connectivity index (χ0n) is 11.1. The molecule has 102 valence electrons. The molecule has 3 N–H and O–H groups in total. The lowest BCUT2D eigenvalue weighted by atomic mass is 9.82. The molecule has 18 heavy (non-hydrogen) atoms. The van der Waals surface area contributed by atoms with Crippen molar-refractivity contribution in [3.63, 3.8) is 0 Å². The van der Waals surface area contributed by atoms with Crippen molar-refractivity contribution in [1.29, 1.82) is 0 Å². The number of hydrogen-bond donors (Lipinski definition) is 3. The van der Waals surface area contributed by atoms with Crippen molar-refractivity contribution < 1.29 is 19.5 Å². The Morgan fingerprint density at radius 1 is 1.22 bits per heavy atom. The Kier molecular flexibility index (Phi) is 6.08. The molecular formula is C12H20N2O4. The third-order valence-corrected chi connectivity index (χ3v) is 2.66. The highest BCUT2D eigenvalue weighted by Gasteiger charge is 2.20. The monoisotopic (exact) mass is 256 g/mol. The summed E-state index contributed by atoms with van der Waals surface area (Å²) < 4.78 is 0. The molecule has 0 fully saturated rings. The van der Waals surface area contributed by atoms with Crippen LogP contribution in [0.4, 0.5) is 4.79 Å². The Hall–Kier alpha value is -1.85. The molecule has 0 aliphatic rings. The Balaban J connectivity index is 4.06. The van der Waals surface area contributed by atoms with Crippen molar-refractivity contribution in [1.82, 2.24) is 10.6 Å². The molecule has 0 bridgehead atoms. The number of hydrogen-bond acceptors (Lipinski definition) is 3. The quantitative estimate of drug-likeness (QED) is 0.657. The second kappa shape index (κ2) is 6.78. The van der Waals surface area contributed by atoms with Gasteiger partial charge in [0.05, 0.1) is 0 Å². The summed E-state index contributed by atoms with van der Waals surface area (Å²) in [6.45, 7) is 8.59. The fourth-order valence-corrected chi connectivity index (χ4v) is 0.897. The van der Waals surface area contributed by atoms with Crippen LogP contribution in [-0.2, 0) is 9.59 Å². The minimum absolute atomic E-state index is 0.0561. The van der Waals surface area contributed by atoms with E-state index in [1.165, 1.54) is 0 Å². The van der Waals surface area contributed by atoms with Crippen LogP contribution in [-0.4, -0.2) is 29.6 Å². The van der Waals surface area contributed by atoms with E-state index in [0.29, 0.717) is 12.6 Å². The maximum atomic E-state index is 11.3. The number of amides is 3. The fraction of sp³-hybridized carbons (Fsp3) is 0.583. The number of rotatable bonds is 4. The molecule has 0 aliphatic heterocycles. The number of carboxylic acid groups (broad SMARTS) is 1. The van der Waals surface area contributed by atoms with Gasteiger partial charge >= 0.3 is 12.0 Å². The van der Waals surface area contributed by atoms with Crippen molar-refractivity contribution in [2.24, 2.45) is 11.3 Å². The topological polar surface area (TPSA) is 95.5 Å². The summed E-state index contributed by atoms with van der Waals surface area (Å²) in [5.41, 5.74) is 0.0561. The van der Waals surface area contributed by atoms with Crippen LogP contribution in [0, 0.1) is 11.3 Å². The fourth-order valence-electron chi connectivity index (χ4n) is 0.897. The highest BCUT2D eigenvalue weighted by Crippen LogP contribution is 2.24. The van der Waals surface area contributed by atoms with Gasteiger partial charge in [0.15, 0.2) is 0 Å². The summed E-state index contributed by atoms with van der Waals surface area (Å²) in [7, 11) is 0. The lowest BCUT2D eigenvalue weighted by Crippen LogP contribution is -2.42. The summed E-state index contributed by atoms with van der Waals surface area (Å²) in [6.07, 6.45) is 1.45. The first-order valence-electron chi connectivity index (χ1n) is 5.62. The van der Waals surface area contributed by atoms with Crippen LogP contribution in [0.25, 0.3) is 0 Å². The van der Waals surface area contributed by atoms with Gasteiger partial charge in [-0.1, -0.05) is 27.7 Å². The maximum absolute atomic E-state index is 11.3. The van der Waals surface area contributed by atoms with Crippen molar-refractivity contribution >= 4 is 17.9 Å². The molecule has 0 heterocycles. The largest absolute Gasteiger partial charge is 0.478 e. The van der Waals surface area contributed by atoms with Crippen LogP contribution in [0.3, 0.4) is 0 Å². The molecule has 6 nitrogen and oxygen atoms in total. The predicted octanol–water partition coefficient (Wildman–Crippen LogP) is 1.14.